The number of anilines is 1. The molecule has 0 radical (unpaired) electrons. The highest BCUT2D eigenvalue weighted by atomic mass is 35.5. The molecule has 17 heavy (non-hydrogen) atoms. The van der Waals surface area contributed by atoms with E-state index in [1.54, 1.807) is 18.6 Å². The highest BCUT2D eigenvalue weighted by Crippen LogP contribution is 2.28. The minimum Gasteiger partial charge on any atom is -0.367 e. The highest BCUT2D eigenvalue weighted by Gasteiger charge is 2.06. The van der Waals surface area contributed by atoms with Crippen molar-refractivity contribution in [1.82, 2.24) is 14.5 Å². The largest absolute Gasteiger partial charge is 0.367 e. The van der Waals surface area contributed by atoms with E-state index >= 15 is 0 Å². The summed E-state index contributed by atoms with van der Waals surface area (Å²) in [5.74, 6) is 0.529. The van der Waals surface area contributed by atoms with Gasteiger partial charge in [-0.2, -0.15) is 0 Å². The third-order valence-electron chi connectivity index (χ3n) is 2.11. The van der Waals surface area contributed by atoms with E-state index in [0.29, 0.717) is 22.4 Å². The Morgan fingerprint density at radius 3 is 2.76 bits per heavy atom. The molecule has 0 aliphatic rings. The van der Waals surface area contributed by atoms with Crippen LogP contribution in [0.5, 0.6) is 0 Å². The molecule has 2 rings (SSSR count). The van der Waals surface area contributed by atoms with Crippen LogP contribution in [-0.4, -0.2) is 21.1 Å². The smallest absolute Gasteiger partial charge is 0.150 e. The summed E-state index contributed by atoms with van der Waals surface area (Å²) in [5, 5.41) is 4.12. The Hall–Kier alpha value is -0.970. The molecule has 0 atom stereocenters. The van der Waals surface area contributed by atoms with Crippen LogP contribution in [0.1, 0.15) is 0 Å². The summed E-state index contributed by atoms with van der Waals surface area (Å²) in [6.45, 7) is 1.43. The average Bonchev–Trinajstić information content (AvgIpc) is 2.78. The van der Waals surface area contributed by atoms with Gasteiger partial charge < -0.3 is 9.88 Å². The molecule has 2 heterocycles. The standard InChI is InChI=1S/C10H9Cl3N4/c11-7-5-8(12)10(16-9(7)13)15-2-4-17-3-1-14-6-17/h1,3,5-6H,2,4H2,(H,15,16). The van der Waals surface area contributed by atoms with Gasteiger partial charge in [-0.25, -0.2) is 9.97 Å². The van der Waals surface area contributed by atoms with Gasteiger partial charge in [0.1, 0.15) is 11.0 Å². The monoisotopic (exact) mass is 290 g/mol. The van der Waals surface area contributed by atoms with Crippen LogP contribution >= 0.6 is 34.8 Å². The minimum absolute atomic E-state index is 0.237. The maximum absolute atomic E-state index is 5.97. The maximum Gasteiger partial charge on any atom is 0.150 e. The molecule has 2 aromatic rings. The fraction of sp³-hybridized carbons (Fsp3) is 0.200. The second-order valence-electron chi connectivity index (χ2n) is 3.32. The van der Waals surface area contributed by atoms with E-state index in [1.165, 1.54) is 0 Å². The molecule has 0 amide bonds. The molecule has 0 saturated carbocycles. The number of hydrogen-bond acceptors (Lipinski definition) is 3. The van der Waals surface area contributed by atoms with Gasteiger partial charge in [-0.3, -0.25) is 0 Å². The van der Waals surface area contributed by atoms with E-state index in [9.17, 15) is 0 Å². The second-order valence-corrected chi connectivity index (χ2v) is 4.49. The molecular formula is C10H9Cl3N4. The number of nitrogens with one attached hydrogen (secondary N) is 1. The number of pyridine rings is 1. The zero-order chi connectivity index (χ0) is 12.3. The molecule has 2 aromatic heterocycles. The lowest BCUT2D eigenvalue weighted by Gasteiger charge is -2.08. The Labute approximate surface area is 114 Å². The van der Waals surface area contributed by atoms with Crippen LogP contribution in [0.25, 0.3) is 0 Å². The Bertz CT molecular complexity index is 499. The normalized spacial score (nSPS) is 10.5. The average molecular weight is 292 g/mol. The molecule has 7 heteroatoms. The van der Waals surface area contributed by atoms with Gasteiger partial charge in [0, 0.05) is 25.5 Å². The van der Waals surface area contributed by atoms with E-state index in [2.05, 4.69) is 15.3 Å². The van der Waals surface area contributed by atoms with Crippen LogP contribution in [0.3, 0.4) is 0 Å². The van der Waals surface area contributed by atoms with Crippen LogP contribution in [-0.2, 0) is 6.54 Å². The number of nitrogens with zero attached hydrogens (tertiary/aromatic N) is 3. The van der Waals surface area contributed by atoms with Crippen LogP contribution in [0.2, 0.25) is 15.2 Å². The molecule has 0 spiro atoms. The molecule has 90 valence electrons. The Morgan fingerprint density at radius 2 is 2.06 bits per heavy atom. The number of aromatic nitrogens is 3. The lowest BCUT2D eigenvalue weighted by Crippen LogP contribution is -2.10. The van der Waals surface area contributed by atoms with Gasteiger partial charge in [-0.05, 0) is 6.07 Å². The first-order chi connectivity index (χ1) is 8.16. The fourth-order valence-electron chi connectivity index (χ4n) is 1.29. The topological polar surface area (TPSA) is 42.7 Å². The minimum atomic E-state index is 0.237. The van der Waals surface area contributed by atoms with Gasteiger partial charge in [-0.1, -0.05) is 34.8 Å². The van der Waals surface area contributed by atoms with Crippen molar-refractivity contribution in [2.75, 3.05) is 11.9 Å². The number of imidazole rings is 1. The van der Waals surface area contributed by atoms with Crippen molar-refractivity contribution in [2.24, 2.45) is 0 Å². The highest BCUT2D eigenvalue weighted by molar-refractivity contribution is 6.42. The Morgan fingerprint density at radius 1 is 1.24 bits per heavy atom. The zero-order valence-corrected chi connectivity index (χ0v) is 11.0. The lowest BCUT2D eigenvalue weighted by molar-refractivity contribution is 0.725. The predicted octanol–water partition coefficient (Wildman–Crippen LogP) is 3.35. The van der Waals surface area contributed by atoms with Gasteiger partial charge >= 0.3 is 0 Å². The Kier molecular flexibility index (Phi) is 4.10. The summed E-state index contributed by atoms with van der Waals surface area (Å²) in [4.78, 5) is 8.00. The number of hydrogen-bond donors (Lipinski definition) is 1. The van der Waals surface area contributed by atoms with Crippen LogP contribution in [0, 0.1) is 0 Å². The first kappa shape index (κ1) is 12.5. The van der Waals surface area contributed by atoms with E-state index in [4.69, 9.17) is 34.8 Å². The third kappa shape index (κ3) is 3.25. The molecule has 1 N–H and O–H groups in total. The van der Waals surface area contributed by atoms with E-state index in [0.717, 1.165) is 6.54 Å². The van der Waals surface area contributed by atoms with E-state index in [-0.39, 0.29) is 5.15 Å². The first-order valence-electron chi connectivity index (χ1n) is 4.88. The molecule has 0 aliphatic carbocycles. The summed E-state index contributed by atoms with van der Waals surface area (Å²) >= 11 is 17.6. The van der Waals surface area contributed by atoms with Crippen LogP contribution in [0.4, 0.5) is 5.82 Å². The first-order valence-corrected chi connectivity index (χ1v) is 6.01. The zero-order valence-electron chi connectivity index (χ0n) is 8.70. The molecular weight excluding hydrogens is 282 g/mol. The molecule has 0 unspecified atom stereocenters. The van der Waals surface area contributed by atoms with Crippen LogP contribution in [0.15, 0.2) is 24.8 Å². The number of rotatable bonds is 4. The van der Waals surface area contributed by atoms with Crippen molar-refractivity contribution in [3.8, 4) is 0 Å². The van der Waals surface area contributed by atoms with Crippen molar-refractivity contribution in [1.29, 1.82) is 0 Å². The van der Waals surface area contributed by atoms with Gasteiger partial charge in [0.05, 0.1) is 16.4 Å². The van der Waals surface area contributed by atoms with Crippen molar-refractivity contribution in [3.05, 3.63) is 40.0 Å². The number of halogens is 3. The SMILES string of the molecule is Clc1cc(Cl)c(NCCn2ccnc2)nc1Cl. The van der Waals surface area contributed by atoms with Crippen molar-refractivity contribution in [3.63, 3.8) is 0 Å². The molecule has 4 nitrogen and oxygen atoms in total. The van der Waals surface area contributed by atoms with Gasteiger partial charge in [0.15, 0.2) is 0 Å². The quantitative estimate of drug-likeness (QED) is 0.879. The fourth-order valence-corrected chi connectivity index (χ4v) is 1.85. The maximum atomic E-state index is 5.97. The summed E-state index contributed by atoms with van der Waals surface area (Å²) in [7, 11) is 0. The van der Waals surface area contributed by atoms with E-state index < -0.39 is 0 Å². The van der Waals surface area contributed by atoms with Crippen molar-refractivity contribution >= 4 is 40.6 Å². The third-order valence-corrected chi connectivity index (χ3v) is 3.07. The molecule has 0 bridgehead atoms. The molecule has 0 aliphatic heterocycles. The van der Waals surface area contributed by atoms with Crippen molar-refractivity contribution < 1.29 is 0 Å². The summed E-state index contributed by atoms with van der Waals surface area (Å²) in [6, 6.07) is 1.57. The summed E-state index contributed by atoms with van der Waals surface area (Å²) in [6.07, 6.45) is 5.35. The molecule has 0 fully saturated rings. The van der Waals surface area contributed by atoms with Gasteiger partial charge in [0.2, 0.25) is 0 Å². The lowest BCUT2D eigenvalue weighted by atomic mass is 10.4. The van der Waals surface area contributed by atoms with Gasteiger partial charge in [-0.15, -0.1) is 0 Å². The molecule has 0 saturated heterocycles. The second kappa shape index (κ2) is 5.58. The van der Waals surface area contributed by atoms with Crippen LogP contribution < -0.4 is 5.32 Å². The summed E-state index contributed by atoms with van der Waals surface area (Å²) in [5.41, 5.74) is 0. The Balaban J connectivity index is 1.97. The van der Waals surface area contributed by atoms with Gasteiger partial charge in [0.25, 0.3) is 0 Å². The summed E-state index contributed by atoms with van der Waals surface area (Å²) < 4.78 is 1.94. The van der Waals surface area contributed by atoms with Crippen molar-refractivity contribution in [2.45, 2.75) is 6.54 Å². The molecule has 0 aromatic carbocycles. The van der Waals surface area contributed by atoms with E-state index in [1.807, 2.05) is 10.8 Å². The predicted molar refractivity (Wildman–Crippen MR) is 70.0 cm³/mol.